The summed E-state index contributed by atoms with van der Waals surface area (Å²) in [6, 6.07) is 0. The molecule has 5 nitrogen and oxygen atoms in total. The number of rotatable bonds is 9. The molecule has 1 rings (SSSR count). The Morgan fingerprint density at radius 1 is 1.22 bits per heavy atom. The lowest BCUT2D eigenvalue weighted by atomic mass is 9.89. The average Bonchev–Trinajstić information content (AvgIpc) is 2.53. The van der Waals surface area contributed by atoms with Gasteiger partial charge in [-0.15, -0.1) is 24.0 Å². The number of aliphatic imine (C=N–C) groups is 1. The van der Waals surface area contributed by atoms with Crippen LogP contribution in [0.2, 0.25) is 0 Å². The van der Waals surface area contributed by atoms with Crippen molar-refractivity contribution < 1.29 is 4.74 Å². The molecule has 1 heterocycles. The number of thioether (sulfide) groups is 1. The maximum atomic E-state index is 5.52. The van der Waals surface area contributed by atoms with Crippen molar-refractivity contribution in [1.29, 1.82) is 0 Å². The highest BCUT2D eigenvalue weighted by Crippen LogP contribution is 2.26. The number of ether oxygens (including phenoxy) is 1. The van der Waals surface area contributed by atoms with Crippen molar-refractivity contribution >= 4 is 41.7 Å². The molecule has 138 valence electrons. The third kappa shape index (κ3) is 8.79. The Bertz CT molecular complexity index is 323. The van der Waals surface area contributed by atoms with Crippen molar-refractivity contribution in [1.82, 2.24) is 15.5 Å². The summed E-state index contributed by atoms with van der Waals surface area (Å²) in [5.74, 6) is 2.18. The number of unbranched alkanes of at least 4 members (excludes halogenated alkanes) is 1. The van der Waals surface area contributed by atoms with Gasteiger partial charge in [0.1, 0.15) is 0 Å². The van der Waals surface area contributed by atoms with E-state index in [0.717, 1.165) is 51.6 Å². The summed E-state index contributed by atoms with van der Waals surface area (Å²) in [5, 5.41) is 6.81. The smallest absolute Gasteiger partial charge is 0.191 e. The molecule has 0 aromatic heterocycles. The van der Waals surface area contributed by atoms with E-state index in [-0.39, 0.29) is 29.5 Å². The van der Waals surface area contributed by atoms with E-state index >= 15 is 0 Å². The van der Waals surface area contributed by atoms with Crippen LogP contribution in [0.3, 0.4) is 0 Å². The summed E-state index contributed by atoms with van der Waals surface area (Å²) in [7, 11) is 4.31. The molecule has 0 unspecified atom stereocenters. The lowest BCUT2D eigenvalue weighted by Gasteiger charge is -2.41. The van der Waals surface area contributed by atoms with Gasteiger partial charge in [-0.25, -0.2) is 0 Å². The first kappa shape index (κ1) is 23.3. The molecule has 0 aromatic rings. The van der Waals surface area contributed by atoms with Gasteiger partial charge in [0.25, 0.3) is 0 Å². The molecule has 1 aliphatic heterocycles. The number of nitrogens with one attached hydrogen (secondary N) is 2. The van der Waals surface area contributed by atoms with Gasteiger partial charge in [-0.1, -0.05) is 0 Å². The maximum absolute atomic E-state index is 5.52. The second-order valence-corrected chi connectivity index (χ2v) is 7.04. The summed E-state index contributed by atoms with van der Waals surface area (Å²) in [4.78, 5) is 7.16. The van der Waals surface area contributed by atoms with E-state index in [1.807, 2.05) is 11.8 Å². The van der Waals surface area contributed by atoms with Crippen molar-refractivity contribution in [2.75, 3.05) is 59.0 Å². The molecule has 0 aromatic carbocycles. The molecule has 0 saturated carbocycles. The molecule has 0 radical (unpaired) electrons. The van der Waals surface area contributed by atoms with Crippen LogP contribution in [0.4, 0.5) is 0 Å². The van der Waals surface area contributed by atoms with Crippen molar-refractivity contribution in [3.8, 4) is 0 Å². The molecular weight excluding hydrogens is 423 g/mol. The molecule has 7 heteroatoms. The fourth-order valence-corrected chi connectivity index (χ4v) is 3.14. The van der Waals surface area contributed by atoms with Crippen molar-refractivity contribution in [2.24, 2.45) is 4.99 Å². The van der Waals surface area contributed by atoms with Crippen molar-refractivity contribution in [3.63, 3.8) is 0 Å². The van der Waals surface area contributed by atoms with E-state index in [0.29, 0.717) is 0 Å². The summed E-state index contributed by atoms with van der Waals surface area (Å²) in [6.45, 7) is 6.50. The fraction of sp³-hybridized carbons (Fsp3) is 0.938. The molecular formula is C16H35IN4OS. The van der Waals surface area contributed by atoms with Gasteiger partial charge in [0.05, 0.1) is 6.54 Å². The molecule has 0 spiro atoms. The summed E-state index contributed by atoms with van der Waals surface area (Å²) in [5.41, 5.74) is 0.138. The minimum atomic E-state index is 0. The van der Waals surface area contributed by atoms with E-state index in [1.54, 1.807) is 0 Å². The molecule has 1 saturated heterocycles. The Balaban J connectivity index is 0.00000484. The molecule has 2 N–H and O–H groups in total. The third-order valence-electron chi connectivity index (χ3n) is 4.32. The number of nitrogens with zero attached hydrogens (tertiary/aromatic N) is 2. The van der Waals surface area contributed by atoms with Gasteiger partial charge in [-0.2, -0.15) is 11.8 Å². The SMILES string of the molecule is CCNC(=NCC1(N(C)C)CCOCC1)NCCCCSC.I. The number of halogens is 1. The summed E-state index contributed by atoms with van der Waals surface area (Å²) in [6.07, 6.45) is 6.71. The molecule has 23 heavy (non-hydrogen) atoms. The van der Waals surface area contributed by atoms with Crippen LogP contribution in [-0.2, 0) is 4.74 Å². The maximum Gasteiger partial charge on any atom is 0.191 e. The largest absolute Gasteiger partial charge is 0.381 e. The highest BCUT2D eigenvalue weighted by molar-refractivity contribution is 14.0. The Hall–Kier alpha value is 0.270. The first-order valence-electron chi connectivity index (χ1n) is 8.41. The Morgan fingerprint density at radius 3 is 2.48 bits per heavy atom. The van der Waals surface area contributed by atoms with Gasteiger partial charge in [0, 0.05) is 31.8 Å². The summed E-state index contributed by atoms with van der Waals surface area (Å²) >= 11 is 1.91. The standard InChI is InChI=1S/C16H34N4OS.HI/c1-5-17-15(18-10-6-7-13-22-4)19-14-16(20(2)3)8-11-21-12-9-16;/h5-14H2,1-4H3,(H2,17,18,19);1H. The van der Waals surface area contributed by atoms with E-state index in [9.17, 15) is 0 Å². The van der Waals surface area contributed by atoms with Crippen LogP contribution in [0.1, 0.15) is 32.6 Å². The zero-order valence-corrected chi connectivity index (χ0v) is 18.3. The average molecular weight is 458 g/mol. The number of guanidine groups is 1. The molecule has 0 bridgehead atoms. The van der Waals surface area contributed by atoms with Crippen LogP contribution in [0.25, 0.3) is 0 Å². The Kier molecular flexibility index (Phi) is 13.7. The zero-order valence-electron chi connectivity index (χ0n) is 15.2. The quantitative estimate of drug-likeness (QED) is 0.241. The van der Waals surface area contributed by atoms with Crippen LogP contribution in [0, 0.1) is 0 Å². The normalized spacial score (nSPS) is 17.7. The van der Waals surface area contributed by atoms with Crippen molar-refractivity contribution in [2.45, 2.75) is 38.1 Å². The molecule has 1 fully saturated rings. The van der Waals surface area contributed by atoms with E-state index in [4.69, 9.17) is 9.73 Å². The third-order valence-corrected chi connectivity index (χ3v) is 5.01. The zero-order chi connectivity index (χ0) is 16.3. The highest BCUT2D eigenvalue weighted by atomic mass is 127. The van der Waals surface area contributed by atoms with Gasteiger partial charge in [0.15, 0.2) is 5.96 Å². The second-order valence-electron chi connectivity index (χ2n) is 6.05. The molecule has 0 amide bonds. The number of hydrogen-bond acceptors (Lipinski definition) is 4. The van der Waals surface area contributed by atoms with Crippen LogP contribution < -0.4 is 10.6 Å². The molecule has 1 aliphatic rings. The predicted molar refractivity (Wildman–Crippen MR) is 113 cm³/mol. The van der Waals surface area contributed by atoms with Crippen LogP contribution >= 0.6 is 35.7 Å². The predicted octanol–water partition coefficient (Wildman–Crippen LogP) is 2.41. The monoisotopic (exact) mass is 458 g/mol. The first-order chi connectivity index (χ1) is 10.6. The number of likely N-dealkylation sites (N-methyl/N-ethyl adjacent to an activating group) is 1. The van der Waals surface area contributed by atoms with Crippen LogP contribution in [0.5, 0.6) is 0 Å². The minimum absolute atomic E-state index is 0. The molecule has 0 aliphatic carbocycles. The van der Waals surface area contributed by atoms with E-state index in [1.165, 1.54) is 18.6 Å². The first-order valence-corrected chi connectivity index (χ1v) is 9.80. The van der Waals surface area contributed by atoms with E-state index in [2.05, 4.69) is 42.8 Å². The second kappa shape index (κ2) is 13.5. The van der Waals surface area contributed by atoms with Crippen molar-refractivity contribution in [3.05, 3.63) is 0 Å². The van der Waals surface area contributed by atoms with Gasteiger partial charge < -0.3 is 20.3 Å². The van der Waals surface area contributed by atoms with Gasteiger partial charge in [-0.3, -0.25) is 4.99 Å². The number of hydrogen-bond donors (Lipinski definition) is 2. The van der Waals surface area contributed by atoms with Gasteiger partial charge >= 0.3 is 0 Å². The Morgan fingerprint density at radius 2 is 1.91 bits per heavy atom. The van der Waals surface area contributed by atoms with E-state index < -0.39 is 0 Å². The molecule has 0 atom stereocenters. The lowest BCUT2D eigenvalue weighted by Crippen LogP contribution is -2.51. The minimum Gasteiger partial charge on any atom is -0.381 e. The van der Waals surface area contributed by atoms with Crippen LogP contribution in [-0.4, -0.2) is 75.4 Å². The van der Waals surface area contributed by atoms with Gasteiger partial charge in [-0.05, 0) is 58.7 Å². The Labute approximate surface area is 163 Å². The topological polar surface area (TPSA) is 48.9 Å². The fourth-order valence-electron chi connectivity index (χ4n) is 2.64. The highest BCUT2D eigenvalue weighted by Gasteiger charge is 2.34. The lowest BCUT2D eigenvalue weighted by molar-refractivity contribution is -0.00254. The van der Waals surface area contributed by atoms with Gasteiger partial charge in [0.2, 0.25) is 0 Å². The summed E-state index contributed by atoms with van der Waals surface area (Å²) < 4.78 is 5.52. The van der Waals surface area contributed by atoms with Crippen LogP contribution in [0.15, 0.2) is 4.99 Å².